The van der Waals surface area contributed by atoms with Crippen molar-refractivity contribution in [1.29, 1.82) is 0 Å². The molecule has 0 bridgehead atoms. The van der Waals surface area contributed by atoms with Gasteiger partial charge in [0, 0.05) is 69.8 Å². The highest BCUT2D eigenvalue weighted by Crippen LogP contribution is 2.48. The number of thiophene rings is 2. The van der Waals surface area contributed by atoms with Gasteiger partial charge in [-0.3, -0.25) is 9.69 Å². The van der Waals surface area contributed by atoms with Crippen molar-refractivity contribution in [3.05, 3.63) is 103 Å². The standard InChI is InChI=1S/C46H42ClF6N9O5S4/c1-60-8-6-24-15-33(31(47)13-27(24)19-60)56-44-57-34(38(46(51,52)53)40(59-44)36-17-37-41(69-36)42(63)61(2)10-11-71(37,66)67)21-62-9-7-25-14-32(29(23-4-5-23)12-26(25)20-62)55-43-54-18-30(45(48,49)50)39(58-43)35-16-28(22-68-35)70(3,64)65/h12-18,22-23H,4-11,19-21H2,1-3H3,(H,54,55,58)(H,56,57,59). The molecule has 4 aromatic heterocycles. The van der Waals surface area contributed by atoms with Gasteiger partial charge >= 0.3 is 12.4 Å². The molecule has 7 heterocycles. The van der Waals surface area contributed by atoms with E-state index in [2.05, 4.69) is 35.5 Å². The van der Waals surface area contributed by atoms with Crippen molar-refractivity contribution in [2.24, 2.45) is 0 Å². The average Bonchev–Trinajstić information content (AvgIpc) is 3.82. The molecule has 14 nitrogen and oxygen atoms in total. The summed E-state index contributed by atoms with van der Waals surface area (Å²) in [6, 6.07) is 9.65. The third kappa shape index (κ3) is 9.99. The van der Waals surface area contributed by atoms with Gasteiger partial charge in [-0.15, -0.1) is 22.7 Å². The van der Waals surface area contributed by atoms with Crippen LogP contribution in [0.1, 0.15) is 73.1 Å². The van der Waals surface area contributed by atoms with Crippen molar-refractivity contribution in [2.75, 3.05) is 56.4 Å². The van der Waals surface area contributed by atoms with Crippen molar-refractivity contribution in [2.45, 2.75) is 73.4 Å². The number of hydrogen-bond acceptors (Lipinski definition) is 15. The Morgan fingerprint density at radius 1 is 0.817 bits per heavy atom. The number of amides is 1. The number of anilines is 4. The number of benzene rings is 2. The van der Waals surface area contributed by atoms with Crippen LogP contribution in [0.2, 0.25) is 5.02 Å². The van der Waals surface area contributed by atoms with Crippen LogP contribution in [0.5, 0.6) is 0 Å². The van der Waals surface area contributed by atoms with E-state index in [1.54, 1.807) is 6.07 Å². The average molecular weight is 1080 g/mol. The van der Waals surface area contributed by atoms with Crippen molar-refractivity contribution in [3.63, 3.8) is 0 Å². The van der Waals surface area contributed by atoms with Crippen LogP contribution in [-0.2, 0) is 64.5 Å². The molecule has 3 aliphatic heterocycles. The van der Waals surface area contributed by atoms with Crippen LogP contribution in [0.15, 0.2) is 57.8 Å². The first kappa shape index (κ1) is 49.3. The van der Waals surface area contributed by atoms with E-state index in [9.17, 15) is 34.8 Å². The Balaban J connectivity index is 1.01. The topological polar surface area (TPSA) is 171 Å². The fourth-order valence-corrected chi connectivity index (χ4v) is 14.4. The molecule has 374 valence electrons. The first-order valence-corrected chi connectivity index (χ1v) is 27.8. The molecule has 2 N–H and O–H groups in total. The highest BCUT2D eigenvalue weighted by molar-refractivity contribution is 7.91. The minimum absolute atomic E-state index is 0.0139. The summed E-state index contributed by atoms with van der Waals surface area (Å²) in [5.41, 5.74) is 1.57. The lowest BCUT2D eigenvalue weighted by Crippen LogP contribution is -2.32. The maximum Gasteiger partial charge on any atom is 0.420 e. The highest BCUT2D eigenvalue weighted by Gasteiger charge is 2.42. The number of hydrogen-bond donors (Lipinski definition) is 2. The zero-order valence-corrected chi connectivity index (χ0v) is 41.9. The number of fused-ring (bicyclic) bond motifs is 3. The monoisotopic (exact) mass is 1080 g/mol. The molecule has 0 spiro atoms. The minimum atomic E-state index is -5.05. The molecule has 2 aromatic carbocycles. The Kier molecular flexibility index (Phi) is 12.5. The first-order chi connectivity index (χ1) is 33.4. The number of carbonyl (C=O) groups excluding carboxylic acids is 1. The second kappa shape index (κ2) is 18.1. The Hall–Kier alpha value is -5.24. The molecule has 0 saturated heterocycles. The largest absolute Gasteiger partial charge is 0.420 e. The fraction of sp³-hybridized carbons (Fsp3) is 0.370. The second-order valence-electron chi connectivity index (χ2n) is 18.2. The summed E-state index contributed by atoms with van der Waals surface area (Å²) in [5.74, 6) is -1.35. The fourth-order valence-electron chi connectivity index (χ4n) is 9.07. The number of likely N-dealkylation sites (N-methyl/N-ethyl adjacent to an activating group) is 1. The molecule has 0 atom stereocenters. The van der Waals surface area contributed by atoms with E-state index in [0.29, 0.717) is 48.3 Å². The van der Waals surface area contributed by atoms with Gasteiger partial charge in [0.05, 0.1) is 53.1 Å². The van der Waals surface area contributed by atoms with Gasteiger partial charge in [0.2, 0.25) is 11.9 Å². The van der Waals surface area contributed by atoms with E-state index in [-0.39, 0.29) is 73.4 Å². The number of halogens is 7. The van der Waals surface area contributed by atoms with Gasteiger partial charge < -0.3 is 20.4 Å². The molecule has 1 fully saturated rings. The predicted molar refractivity (Wildman–Crippen MR) is 257 cm³/mol. The highest BCUT2D eigenvalue weighted by atomic mass is 35.5. The Labute approximate surface area is 417 Å². The van der Waals surface area contributed by atoms with Crippen molar-refractivity contribution in [3.8, 4) is 21.1 Å². The summed E-state index contributed by atoms with van der Waals surface area (Å²) in [6.07, 6.45) is -5.60. The number of alkyl halides is 6. The van der Waals surface area contributed by atoms with Crippen LogP contribution in [0.3, 0.4) is 0 Å². The lowest BCUT2D eigenvalue weighted by molar-refractivity contribution is -0.139. The van der Waals surface area contributed by atoms with E-state index < -0.39 is 71.9 Å². The Morgan fingerprint density at radius 2 is 1.51 bits per heavy atom. The molecule has 71 heavy (non-hydrogen) atoms. The molecule has 1 aliphatic carbocycles. The molecule has 4 aliphatic rings. The minimum Gasteiger partial charge on any atom is -0.340 e. The first-order valence-electron chi connectivity index (χ1n) is 22.2. The molecule has 0 unspecified atom stereocenters. The maximum absolute atomic E-state index is 15.7. The number of nitrogens with zero attached hydrogens (tertiary/aromatic N) is 7. The third-order valence-electron chi connectivity index (χ3n) is 12.9. The van der Waals surface area contributed by atoms with E-state index in [1.807, 2.05) is 30.1 Å². The van der Waals surface area contributed by atoms with Crippen LogP contribution in [0, 0.1) is 0 Å². The maximum atomic E-state index is 15.7. The van der Waals surface area contributed by atoms with Gasteiger partial charge in [-0.2, -0.15) is 26.3 Å². The van der Waals surface area contributed by atoms with Crippen LogP contribution < -0.4 is 10.6 Å². The number of aromatic nitrogens is 4. The van der Waals surface area contributed by atoms with Gasteiger partial charge in [-0.25, -0.2) is 36.8 Å². The summed E-state index contributed by atoms with van der Waals surface area (Å²) in [7, 11) is -4.36. The molecule has 1 amide bonds. The molecule has 0 radical (unpaired) electrons. The van der Waals surface area contributed by atoms with Crippen molar-refractivity contribution >= 4 is 83.1 Å². The quantitative estimate of drug-likeness (QED) is 0.125. The van der Waals surface area contributed by atoms with Gasteiger partial charge in [0.25, 0.3) is 5.91 Å². The Morgan fingerprint density at radius 3 is 2.20 bits per heavy atom. The molecule has 1 saturated carbocycles. The number of carbonyl (C=O) groups is 1. The van der Waals surface area contributed by atoms with E-state index in [1.165, 1.54) is 17.3 Å². The van der Waals surface area contributed by atoms with Crippen molar-refractivity contribution < 1.29 is 48.0 Å². The molecular formula is C46H42ClF6N9O5S4. The lowest BCUT2D eigenvalue weighted by atomic mass is 9.94. The summed E-state index contributed by atoms with van der Waals surface area (Å²) in [6.45, 7) is 1.47. The SMILES string of the molecule is CN1CCc2cc(Nc3nc(CN4CCc5cc(Nc6ncc(C(F)(F)F)c(-c7cc(S(C)(=O)=O)cs7)n6)c(C6CC6)cc5C4)c(C(F)(F)F)c(-c4cc5c(s4)C(=O)N(C)CCS5(=O)=O)n3)c(Cl)cc2C1. The van der Waals surface area contributed by atoms with Gasteiger partial charge in [-0.1, -0.05) is 17.7 Å². The summed E-state index contributed by atoms with van der Waals surface area (Å²) >= 11 is 8.20. The number of sulfone groups is 2. The van der Waals surface area contributed by atoms with Crippen molar-refractivity contribution in [1.82, 2.24) is 34.6 Å². The Bertz CT molecular complexity index is 3400. The number of rotatable bonds is 10. The van der Waals surface area contributed by atoms with Crippen LogP contribution in [0.4, 0.5) is 49.6 Å². The smallest absolute Gasteiger partial charge is 0.340 e. The van der Waals surface area contributed by atoms with Gasteiger partial charge in [-0.05, 0) is 96.8 Å². The van der Waals surface area contributed by atoms with Crippen LogP contribution in [-0.4, -0.2) is 103 Å². The lowest BCUT2D eigenvalue weighted by Gasteiger charge is -2.31. The second-order valence-corrected chi connectivity index (χ2v) is 24.7. The summed E-state index contributed by atoms with van der Waals surface area (Å²) in [4.78, 5) is 34.8. The normalized spacial score (nSPS) is 17.7. The van der Waals surface area contributed by atoms with E-state index >= 15 is 13.2 Å². The molecule has 25 heteroatoms. The van der Waals surface area contributed by atoms with Crippen LogP contribution >= 0.6 is 34.3 Å². The molecular weight excluding hydrogens is 1040 g/mol. The molecule has 10 rings (SSSR count). The zero-order chi connectivity index (χ0) is 50.5. The van der Waals surface area contributed by atoms with Crippen LogP contribution in [0.25, 0.3) is 21.1 Å². The molecule has 6 aromatic rings. The van der Waals surface area contributed by atoms with Gasteiger partial charge in [0.15, 0.2) is 19.7 Å². The third-order valence-corrected chi connectivity index (χ3v) is 18.4. The zero-order valence-electron chi connectivity index (χ0n) is 37.9. The van der Waals surface area contributed by atoms with Gasteiger partial charge in [0.1, 0.15) is 16.0 Å². The summed E-state index contributed by atoms with van der Waals surface area (Å²) in [5, 5.41) is 7.71. The summed E-state index contributed by atoms with van der Waals surface area (Å²) < 4.78 is 141. The predicted octanol–water partition coefficient (Wildman–Crippen LogP) is 9.59. The van der Waals surface area contributed by atoms with E-state index in [4.69, 9.17) is 11.6 Å². The number of nitrogens with one attached hydrogen (secondary N) is 2. The van der Waals surface area contributed by atoms with E-state index in [0.717, 1.165) is 76.9 Å².